The highest BCUT2D eigenvalue weighted by molar-refractivity contribution is 9.10. The average molecular weight is 378 g/mol. The Labute approximate surface area is 133 Å². The topological polar surface area (TPSA) is 55.1 Å². The molecule has 3 nitrogen and oxygen atoms in total. The fourth-order valence-corrected chi connectivity index (χ4v) is 2.47. The van der Waals surface area contributed by atoms with Gasteiger partial charge in [0.15, 0.2) is 0 Å². The number of hydrogen-bond donors (Lipinski definition) is 2. The first-order valence-corrected chi connectivity index (χ1v) is 6.94. The summed E-state index contributed by atoms with van der Waals surface area (Å²) in [5, 5.41) is 3.37. The van der Waals surface area contributed by atoms with E-state index in [1.807, 2.05) is 0 Å². The Morgan fingerprint density at radius 2 is 1.95 bits per heavy atom. The lowest BCUT2D eigenvalue weighted by molar-refractivity contribution is 0.102. The zero-order valence-corrected chi connectivity index (χ0v) is 13.0. The maximum atomic E-state index is 13.2. The van der Waals surface area contributed by atoms with Gasteiger partial charge in [-0.25, -0.2) is 4.39 Å². The molecule has 20 heavy (non-hydrogen) atoms. The number of carbonyl (C=O) groups excluding carboxylic acids is 1. The highest BCUT2D eigenvalue weighted by Crippen LogP contribution is 2.28. The molecule has 104 valence electrons. The first-order valence-electron chi connectivity index (χ1n) is 5.39. The Hall–Kier alpha value is -1.30. The third kappa shape index (κ3) is 3.23. The molecule has 0 aliphatic rings. The van der Waals surface area contributed by atoms with Crippen molar-refractivity contribution in [1.29, 1.82) is 0 Å². The summed E-state index contributed by atoms with van der Waals surface area (Å²) in [7, 11) is 0. The Bertz CT molecular complexity index is 694. The molecule has 2 aromatic carbocycles. The summed E-state index contributed by atoms with van der Waals surface area (Å²) < 4.78 is 13.5. The lowest BCUT2D eigenvalue weighted by Gasteiger charge is -2.10. The summed E-state index contributed by atoms with van der Waals surface area (Å²) in [5.41, 5.74) is 5.94. The molecule has 0 saturated carbocycles. The Kier molecular flexibility index (Phi) is 4.52. The van der Waals surface area contributed by atoms with Crippen molar-refractivity contribution >= 4 is 56.4 Å². The summed E-state index contributed by atoms with van der Waals surface area (Å²) in [6, 6.07) is 7.06. The SMILES string of the molecule is Nc1cc(C(=O)Nc2ccc(Cl)cc2Cl)c(Br)cc1F. The minimum atomic E-state index is -0.599. The van der Waals surface area contributed by atoms with Crippen LogP contribution in [0.15, 0.2) is 34.8 Å². The van der Waals surface area contributed by atoms with Crippen LogP contribution in [0, 0.1) is 5.82 Å². The second-order valence-corrected chi connectivity index (χ2v) is 5.63. The van der Waals surface area contributed by atoms with Crippen LogP contribution in [-0.4, -0.2) is 5.91 Å². The molecule has 0 unspecified atom stereocenters. The van der Waals surface area contributed by atoms with E-state index in [4.69, 9.17) is 28.9 Å². The lowest BCUT2D eigenvalue weighted by Crippen LogP contribution is -2.13. The highest BCUT2D eigenvalue weighted by atomic mass is 79.9. The number of benzene rings is 2. The molecule has 0 fully saturated rings. The van der Waals surface area contributed by atoms with Crippen molar-refractivity contribution in [3.8, 4) is 0 Å². The number of carbonyl (C=O) groups is 1. The van der Waals surface area contributed by atoms with Gasteiger partial charge in [0.2, 0.25) is 0 Å². The van der Waals surface area contributed by atoms with Gasteiger partial charge in [-0.2, -0.15) is 0 Å². The molecule has 0 aliphatic carbocycles. The van der Waals surface area contributed by atoms with Crippen LogP contribution >= 0.6 is 39.1 Å². The normalized spacial score (nSPS) is 10.4. The fourth-order valence-electron chi connectivity index (χ4n) is 1.52. The molecule has 0 atom stereocenters. The second kappa shape index (κ2) is 5.99. The first kappa shape index (κ1) is 15.1. The van der Waals surface area contributed by atoms with Gasteiger partial charge < -0.3 is 11.1 Å². The maximum absolute atomic E-state index is 13.2. The Balaban J connectivity index is 2.31. The van der Waals surface area contributed by atoms with E-state index >= 15 is 0 Å². The number of nitrogens with one attached hydrogen (secondary N) is 1. The number of hydrogen-bond acceptors (Lipinski definition) is 2. The van der Waals surface area contributed by atoms with E-state index in [-0.39, 0.29) is 11.3 Å². The molecule has 0 aromatic heterocycles. The van der Waals surface area contributed by atoms with Crippen molar-refractivity contribution in [2.75, 3.05) is 11.1 Å². The van der Waals surface area contributed by atoms with Crippen molar-refractivity contribution < 1.29 is 9.18 Å². The monoisotopic (exact) mass is 376 g/mol. The minimum Gasteiger partial charge on any atom is -0.396 e. The van der Waals surface area contributed by atoms with Crippen molar-refractivity contribution in [3.05, 3.63) is 56.2 Å². The number of halogens is 4. The molecular formula is C13H8BrCl2FN2O. The van der Waals surface area contributed by atoms with Crippen LogP contribution in [0.1, 0.15) is 10.4 Å². The van der Waals surface area contributed by atoms with E-state index in [0.29, 0.717) is 20.2 Å². The molecule has 2 aromatic rings. The van der Waals surface area contributed by atoms with E-state index in [9.17, 15) is 9.18 Å². The third-order valence-electron chi connectivity index (χ3n) is 2.51. The standard InChI is InChI=1S/C13H8BrCl2FN2O/c14-8-5-10(17)11(18)4-7(8)13(20)19-12-2-1-6(15)3-9(12)16/h1-5H,18H2,(H,19,20). The first-order chi connectivity index (χ1) is 9.38. The van der Waals surface area contributed by atoms with E-state index in [0.717, 1.165) is 6.07 Å². The summed E-state index contributed by atoms with van der Waals surface area (Å²) in [4.78, 5) is 12.1. The number of nitrogens with two attached hydrogens (primary N) is 1. The zero-order valence-electron chi connectivity index (χ0n) is 9.88. The quantitative estimate of drug-likeness (QED) is 0.743. The number of nitrogen functional groups attached to an aromatic ring is 1. The lowest BCUT2D eigenvalue weighted by atomic mass is 10.1. The molecule has 0 saturated heterocycles. The number of rotatable bonds is 2. The molecule has 0 aliphatic heterocycles. The van der Waals surface area contributed by atoms with Gasteiger partial charge in [0, 0.05) is 9.50 Å². The predicted molar refractivity (Wildman–Crippen MR) is 82.9 cm³/mol. The van der Waals surface area contributed by atoms with Crippen LogP contribution in [-0.2, 0) is 0 Å². The van der Waals surface area contributed by atoms with Crippen LogP contribution < -0.4 is 11.1 Å². The van der Waals surface area contributed by atoms with E-state index in [2.05, 4.69) is 21.2 Å². The average Bonchev–Trinajstić information content (AvgIpc) is 2.37. The van der Waals surface area contributed by atoms with Crippen LogP contribution in [0.3, 0.4) is 0 Å². The van der Waals surface area contributed by atoms with Gasteiger partial charge in [0.1, 0.15) is 5.82 Å². The van der Waals surface area contributed by atoms with Crippen LogP contribution in [0.2, 0.25) is 10.0 Å². The van der Waals surface area contributed by atoms with Crippen molar-refractivity contribution in [1.82, 2.24) is 0 Å². The van der Waals surface area contributed by atoms with Crippen molar-refractivity contribution in [3.63, 3.8) is 0 Å². The largest absolute Gasteiger partial charge is 0.396 e. The van der Waals surface area contributed by atoms with Gasteiger partial charge in [-0.1, -0.05) is 23.2 Å². The maximum Gasteiger partial charge on any atom is 0.256 e. The van der Waals surface area contributed by atoms with Gasteiger partial charge in [0.25, 0.3) is 5.91 Å². The molecule has 0 radical (unpaired) electrons. The van der Waals surface area contributed by atoms with Crippen molar-refractivity contribution in [2.45, 2.75) is 0 Å². The molecule has 2 rings (SSSR count). The molecule has 0 heterocycles. The zero-order chi connectivity index (χ0) is 14.9. The van der Waals surface area contributed by atoms with E-state index < -0.39 is 11.7 Å². The second-order valence-electron chi connectivity index (χ2n) is 3.93. The van der Waals surface area contributed by atoms with Gasteiger partial charge in [-0.15, -0.1) is 0 Å². The molecule has 3 N–H and O–H groups in total. The van der Waals surface area contributed by atoms with Gasteiger partial charge in [-0.3, -0.25) is 4.79 Å². The Morgan fingerprint density at radius 3 is 2.60 bits per heavy atom. The minimum absolute atomic E-state index is 0.111. The van der Waals surface area contributed by atoms with Gasteiger partial charge in [-0.05, 0) is 46.3 Å². The molecule has 0 bridgehead atoms. The molecular weight excluding hydrogens is 370 g/mol. The summed E-state index contributed by atoms with van der Waals surface area (Å²) in [6.45, 7) is 0. The highest BCUT2D eigenvalue weighted by Gasteiger charge is 2.14. The van der Waals surface area contributed by atoms with Crippen molar-refractivity contribution in [2.24, 2.45) is 0 Å². The van der Waals surface area contributed by atoms with Crippen LogP contribution in [0.25, 0.3) is 0 Å². The van der Waals surface area contributed by atoms with Crippen LogP contribution in [0.4, 0.5) is 15.8 Å². The summed E-state index contributed by atoms with van der Waals surface area (Å²) >= 11 is 14.8. The third-order valence-corrected chi connectivity index (χ3v) is 3.71. The molecule has 1 amide bonds. The summed E-state index contributed by atoms with van der Waals surface area (Å²) in [5.74, 6) is -1.06. The predicted octanol–water partition coefficient (Wildman–Crippen LogP) is 4.73. The van der Waals surface area contributed by atoms with E-state index in [1.165, 1.54) is 12.1 Å². The number of amides is 1. The fraction of sp³-hybridized carbons (Fsp3) is 0. The van der Waals surface area contributed by atoms with Gasteiger partial charge in [0.05, 0.1) is 22.0 Å². The molecule has 0 spiro atoms. The Morgan fingerprint density at radius 1 is 1.25 bits per heavy atom. The van der Waals surface area contributed by atoms with E-state index in [1.54, 1.807) is 12.1 Å². The van der Waals surface area contributed by atoms with Crippen LogP contribution in [0.5, 0.6) is 0 Å². The molecule has 7 heteroatoms. The smallest absolute Gasteiger partial charge is 0.256 e. The summed E-state index contributed by atoms with van der Waals surface area (Å²) in [6.07, 6.45) is 0. The number of anilines is 2. The van der Waals surface area contributed by atoms with Gasteiger partial charge >= 0.3 is 0 Å².